The summed E-state index contributed by atoms with van der Waals surface area (Å²) in [6.07, 6.45) is 0.769. The number of hydrogen-bond acceptors (Lipinski definition) is 4. The fourth-order valence-corrected chi connectivity index (χ4v) is 1.96. The molecule has 0 aromatic carbocycles. The van der Waals surface area contributed by atoms with Crippen molar-refractivity contribution in [2.45, 2.75) is 24.8 Å². The van der Waals surface area contributed by atoms with E-state index >= 15 is 0 Å². The maximum atomic E-state index is 5.73. The predicted molar refractivity (Wildman–Crippen MR) is 54.9 cm³/mol. The fourth-order valence-electron chi connectivity index (χ4n) is 1.71. The van der Waals surface area contributed by atoms with Crippen molar-refractivity contribution in [1.82, 2.24) is 4.98 Å². The van der Waals surface area contributed by atoms with Gasteiger partial charge < -0.3 is 13.9 Å². The molecular weight excluding hydrogens is 218 g/mol. The molecule has 1 aliphatic heterocycles. The highest BCUT2D eigenvalue weighted by Crippen LogP contribution is 2.34. The Morgan fingerprint density at radius 3 is 2.87 bits per heavy atom. The molecule has 15 heavy (non-hydrogen) atoms. The highest BCUT2D eigenvalue weighted by atomic mass is 35.5. The van der Waals surface area contributed by atoms with E-state index in [0.717, 1.165) is 12.1 Å². The summed E-state index contributed by atoms with van der Waals surface area (Å²) in [6.45, 7) is 3.04. The molecule has 2 rings (SSSR count). The molecule has 1 saturated heterocycles. The second-order valence-electron chi connectivity index (χ2n) is 3.66. The van der Waals surface area contributed by atoms with Gasteiger partial charge in [-0.1, -0.05) is 0 Å². The van der Waals surface area contributed by atoms with E-state index in [2.05, 4.69) is 4.98 Å². The van der Waals surface area contributed by atoms with Crippen molar-refractivity contribution in [1.29, 1.82) is 0 Å². The standard InChI is InChI=1S/C10H14ClNO3/c1-7-8(5-11)15-9(12-7)10(13-2)3-4-14-6-10/h3-6H2,1-2H3. The molecule has 4 nitrogen and oxygen atoms in total. The van der Waals surface area contributed by atoms with Gasteiger partial charge in [0.1, 0.15) is 5.76 Å². The van der Waals surface area contributed by atoms with E-state index < -0.39 is 5.60 Å². The molecule has 1 atom stereocenters. The lowest BCUT2D eigenvalue weighted by Crippen LogP contribution is -2.29. The molecule has 5 heteroatoms. The van der Waals surface area contributed by atoms with Gasteiger partial charge in [-0.15, -0.1) is 11.6 Å². The van der Waals surface area contributed by atoms with Crippen molar-refractivity contribution in [2.75, 3.05) is 20.3 Å². The number of aryl methyl sites for hydroxylation is 1. The van der Waals surface area contributed by atoms with Gasteiger partial charge in [0, 0.05) is 13.5 Å². The Morgan fingerprint density at radius 2 is 2.40 bits per heavy atom. The van der Waals surface area contributed by atoms with Crippen LogP contribution in [0.5, 0.6) is 0 Å². The van der Waals surface area contributed by atoms with Crippen LogP contribution < -0.4 is 0 Å². The third kappa shape index (κ3) is 1.77. The summed E-state index contributed by atoms with van der Waals surface area (Å²) in [5.41, 5.74) is 0.304. The number of oxazole rings is 1. The topological polar surface area (TPSA) is 44.5 Å². The molecule has 0 aliphatic carbocycles. The van der Waals surface area contributed by atoms with Crippen LogP contribution in [0.2, 0.25) is 0 Å². The van der Waals surface area contributed by atoms with E-state index in [4.69, 9.17) is 25.5 Å². The number of alkyl halides is 1. The van der Waals surface area contributed by atoms with E-state index in [1.807, 2.05) is 6.92 Å². The minimum Gasteiger partial charge on any atom is -0.441 e. The van der Waals surface area contributed by atoms with Crippen molar-refractivity contribution in [3.63, 3.8) is 0 Å². The number of aromatic nitrogens is 1. The van der Waals surface area contributed by atoms with Crippen LogP contribution in [0.15, 0.2) is 4.42 Å². The van der Waals surface area contributed by atoms with E-state index in [-0.39, 0.29) is 0 Å². The van der Waals surface area contributed by atoms with Gasteiger partial charge in [0.15, 0.2) is 5.60 Å². The van der Waals surface area contributed by atoms with Crippen molar-refractivity contribution in [3.8, 4) is 0 Å². The molecule has 0 N–H and O–H groups in total. The molecule has 0 spiro atoms. The highest BCUT2D eigenvalue weighted by molar-refractivity contribution is 6.16. The predicted octanol–water partition coefficient (Wildman–Crippen LogP) is 1.98. The number of rotatable bonds is 3. The lowest BCUT2D eigenvalue weighted by atomic mass is 10.0. The van der Waals surface area contributed by atoms with Crippen LogP contribution in [0.25, 0.3) is 0 Å². The Morgan fingerprint density at radius 1 is 1.60 bits per heavy atom. The molecule has 1 aromatic heterocycles. The van der Waals surface area contributed by atoms with Gasteiger partial charge in [-0.2, -0.15) is 0 Å². The summed E-state index contributed by atoms with van der Waals surface area (Å²) in [5.74, 6) is 1.62. The maximum Gasteiger partial charge on any atom is 0.229 e. The Balaban J connectivity index is 2.34. The van der Waals surface area contributed by atoms with Crippen molar-refractivity contribution >= 4 is 11.6 Å². The van der Waals surface area contributed by atoms with E-state index in [9.17, 15) is 0 Å². The molecule has 2 heterocycles. The first-order valence-corrected chi connectivity index (χ1v) is 5.41. The van der Waals surface area contributed by atoms with Gasteiger partial charge in [0.05, 0.1) is 24.8 Å². The summed E-state index contributed by atoms with van der Waals surface area (Å²) in [5, 5.41) is 0. The van der Waals surface area contributed by atoms with Crippen LogP contribution in [-0.4, -0.2) is 25.3 Å². The average Bonchev–Trinajstić information content (AvgIpc) is 2.84. The number of hydrogen-bond donors (Lipinski definition) is 0. The smallest absolute Gasteiger partial charge is 0.229 e. The minimum atomic E-state index is -0.519. The van der Waals surface area contributed by atoms with Gasteiger partial charge in [-0.25, -0.2) is 4.98 Å². The SMILES string of the molecule is COC1(c2nc(C)c(CCl)o2)CCOC1. The molecule has 1 unspecified atom stereocenters. The minimum absolute atomic E-state index is 0.333. The maximum absolute atomic E-state index is 5.73. The Labute approximate surface area is 93.5 Å². The van der Waals surface area contributed by atoms with Gasteiger partial charge in [-0.05, 0) is 6.92 Å². The van der Waals surface area contributed by atoms with Crippen molar-refractivity contribution < 1.29 is 13.9 Å². The van der Waals surface area contributed by atoms with Gasteiger partial charge >= 0.3 is 0 Å². The third-order valence-electron chi connectivity index (χ3n) is 2.78. The summed E-state index contributed by atoms with van der Waals surface area (Å²) in [7, 11) is 1.65. The first-order valence-electron chi connectivity index (χ1n) is 4.87. The van der Waals surface area contributed by atoms with Crippen LogP contribution in [-0.2, 0) is 21.0 Å². The second-order valence-corrected chi connectivity index (χ2v) is 3.93. The Hall–Kier alpha value is -0.580. The molecule has 0 bridgehead atoms. The zero-order valence-corrected chi connectivity index (χ0v) is 9.63. The van der Waals surface area contributed by atoms with Gasteiger partial charge in [-0.3, -0.25) is 0 Å². The van der Waals surface area contributed by atoms with Crippen molar-refractivity contribution in [2.24, 2.45) is 0 Å². The Bertz CT molecular complexity index is 344. The van der Waals surface area contributed by atoms with Crippen LogP contribution in [0.1, 0.15) is 23.8 Å². The van der Waals surface area contributed by atoms with E-state index in [0.29, 0.717) is 30.7 Å². The number of methoxy groups -OCH3 is 1. The second kappa shape index (κ2) is 4.12. The van der Waals surface area contributed by atoms with Crippen LogP contribution in [0.3, 0.4) is 0 Å². The average molecular weight is 232 g/mol. The lowest BCUT2D eigenvalue weighted by Gasteiger charge is -2.21. The molecule has 84 valence electrons. The molecule has 1 aliphatic rings. The molecule has 0 saturated carbocycles. The monoisotopic (exact) mass is 231 g/mol. The van der Waals surface area contributed by atoms with E-state index in [1.54, 1.807) is 7.11 Å². The molecule has 1 aromatic rings. The third-order valence-corrected chi connectivity index (χ3v) is 3.02. The lowest BCUT2D eigenvalue weighted by molar-refractivity contribution is -0.0414. The normalized spacial score (nSPS) is 26.1. The quantitative estimate of drug-likeness (QED) is 0.747. The number of nitrogens with zero attached hydrogens (tertiary/aromatic N) is 1. The Kier molecular flexibility index (Phi) is 3.00. The van der Waals surface area contributed by atoms with Crippen LogP contribution in [0, 0.1) is 6.92 Å². The fraction of sp³-hybridized carbons (Fsp3) is 0.700. The summed E-state index contributed by atoms with van der Waals surface area (Å²) in [4.78, 5) is 4.35. The molecule has 0 amide bonds. The zero-order valence-electron chi connectivity index (χ0n) is 8.88. The summed E-state index contributed by atoms with van der Waals surface area (Å²) >= 11 is 5.73. The molecule has 1 fully saturated rings. The number of ether oxygens (including phenoxy) is 2. The summed E-state index contributed by atoms with van der Waals surface area (Å²) < 4.78 is 16.4. The first-order chi connectivity index (χ1) is 7.22. The van der Waals surface area contributed by atoms with Gasteiger partial charge in [0.2, 0.25) is 5.89 Å². The van der Waals surface area contributed by atoms with E-state index in [1.165, 1.54) is 0 Å². The number of halogens is 1. The van der Waals surface area contributed by atoms with Crippen LogP contribution >= 0.6 is 11.6 Å². The van der Waals surface area contributed by atoms with Crippen molar-refractivity contribution in [3.05, 3.63) is 17.3 Å². The summed E-state index contributed by atoms with van der Waals surface area (Å²) in [6, 6.07) is 0. The first kappa shape index (κ1) is 10.9. The largest absolute Gasteiger partial charge is 0.441 e. The molecular formula is C10H14ClNO3. The van der Waals surface area contributed by atoms with Crippen LogP contribution in [0.4, 0.5) is 0 Å². The van der Waals surface area contributed by atoms with Gasteiger partial charge in [0.25, 0.3) is 0 Å². The highest BCUT2D eigenvalue weighted by Gasteiger charge is 2.41. The molecule has 0 radical (unpaired) electrons. The zero-order chi connectivity index (χ0) is 10.9.